The molecular weight excluding hydrogens is 244 g/mol. The molecule has 2 aromatic rings. The summed E-state index contributed by atoms with van der Waals surface area (Å²) in [7, 11) is 0. The van der Waals surface area contributed by atoms with E-state index in [2.05, 4.69) is 17.4 Å². The zero-order valence-corrected chi connectivity index (χ0v) is 11.3. The maximum atomic E-state index is 5.83. The van der Waals surface area contributed by atoms with Gasteiger partial charge in [0, 0.05) is 23.7 Å². The minimum atomic E-state index is 0.697. The summed E-state index contributed by atoms with van der Waals surface area (Å²) in [5, 5.41) is 5.41. The predicted molar refractivity (Wildman–Crippen MR) is 76.9 cm³/mol. The van der Waals surface area contributed by atoms with Gasteiger partial charge in [0.05, 0.1) is 6.61 Å². The normalized spacial score (nSPS) is 10.5. The number of nitrogens with two attached hydrogens (primary N) is 1. The molecule has 0 saturated carbocycles. The number of rotatable bonds is 6. The van der Waals surface area contributed by atoms with Crippen LogP contribution >= 0.6 is 11.3 Å². The number of nitrogens with one attached hydrogen (secondary N) is 1. The van der Waals surface area contributed by atoms with Crippen molar-refractivity contribution in [3.63, 3.8) is 0 Å². The van der Waals surface area contributed by atoms with Crippen LogP contribution in [0.3, 0.4) is 0 Å². The summed E-state index contributed by atoms with van der Waals surface area (Å²) in [5.74, 6) is 0.924. The molecule has 0 amide bonds. The summed E-state index contributed by atoms with van der Waals surface area (Å²) in [6, 6.07) is 10.1. The van der Waals surface area contributed by atoms with Crippen LogP contribution in [0.2, 0.25) is 0 Å². The molecule has 0 bridgehead atoms. The van der Waals surface area contributed by atoms with Gasteiger partial charge >= 0.3 is 0 Å². The molecule has 1 heterocycles. The van der Waals surface area contributed by atoms with Gasteiger partial charge in [-0.3, -0.25) is 0 Å². The van der Waals surface area contributed by atoms with E-state index in [1.807, 2.05) is 30.5 Å². The van der Waals surface area contributed by atoms with Crippen LogP contribution in [0.5, 0.6) is 5.75 Å². The van der Waals surface area contributed by atoms with Gasteiger partial charge in [0.1, 0.15) is 5.75 Å². The summed E-state index contributed by atoms with van der Waals surface area (Å²) >= 11 is 1.68. The van der Waals surface area contributed by atoms with Crippen LogP contribution in [0.1, 0.15) is 17.4 Å². The minimum absolute atomic E-state index is 0.697. The van der Waals surface area contributed by atoms with Crippen LogP contribution in [-0.4, -0.2) is 6.61 Å². The maximum Gasteiger partial charge on any atom is 0.119 e. The number of nitrogen functional groups attached to an aromatic ring is 1. The van der Waals surface area contributed by atoms with Crippen molar-refractivity contribution in [1.82, 2.24) is 5.32 Å². The molecule has 0 aliphatic rings. The van der Waals surface area contributed by atoms with Crippen LogP contribution in [-0.2, 0) is 13.1 Å². The van der Waals surface area contributed by atoms with Gasteiger partial charge in [0.2, 0.25) is 0 Å². The molecule has 0 fully saturated rings. The third-order valence-electron chi connectivity index (χ3n) is 2.60. The summed E-state index contributed by atoms with van der Waals surface area (Å²) in [5.41, 5.74) is 7.92. The lowest BCUT2D eigenvalue weighted by atomic mass is 10.2. The van der Waals surface area contributed by atoms with E-state index in [1.54, 1.807) is 11.3 Å². The van der Waals surface area contributed by atoms with Gasteiger partial charge in [0.15, 0.2) is 0 Å². The zero-order valence-electron chi connectivity index (χ0n) is 10.5. The number of hydrogen-bond donors (Lipinski definition) is 2. The molecule has 0 aliphatic carbocycles. The Hall–Kier alpha value is -1.52. The topological polar surface area (TPSA) is 47.3 Å². The Balaban J connectivity index is 1.86. The zero-order chi connectivity index (χ0) is 12.8. The molecule has 3 nitrogen and oxygen atoms in total. The molecule has 18 heavy (non-hydrogen) atoms. The van der Waals surface area contributed by atoms with E-state index >= 15 is 0 Å². The molecule has 1 aromatic carbocycles. The number of ether oxygens (including phenoxy) is 1. The first-order chi connectivity index (χ1) is 8.79. The summed E-state index contributed by atoms with van der Waals surface area (Å²) in [6.45, 7) is 4.31. The fourth-order valence-corrected chi connectivity index (χ4v) is 2.49. The number of hydrogen-bond acceptors (Lipinski definition) is 4. The molecule has 0 radical (unpaired) electrons. The van der Waals surface area contributed by atoms with E-state index < -0.39 is 0 Å². The molecule has 0 saturated heterocycles. The van der Waals surface area contributed by atoms with Crippen molar-refractivity contribution in [1.29, 1.82) is 0 Å². The summed E-state index contributed by atoms with van der Waals surface area (Å²) < 4.78 is 5.47. The number of anilines is 1. The fraction of sp³-hybridized carbons (Fsp3) is 0.286. The third kappa shape index (κ3) is 3.48. The molecule has 96 valence electrons. The quantitative estimate of drug-likeness (QED) is 0.841. The van der Waals surface area contributed by atoms with Gasteiger partial charge in [0.25, 0.3) is 0 Å². The van der Waals surface area contributed by atoms with E-state index in [-0.39, 0.29) is 0 Å². The van der Waals surface area contributed by atoms with Gasteiger partial charge in [-0.15, -0.1) is 11.3 Å². The summed E-state index contributed by atoms with van der Waals surface area (Å²) in [6.07, 6.45) is 0. The Bertz CT molecular complexity index is 496. The highest BCUT2D eigenvalue weighted by Gasteiger charge is 2.00. The third-order valence-corrected chi connectivity index (χ3v) is 3.54. The Morgan fingerprint density at radius 3 is 2.89 bits per heavy atom. The van der Waals surface area contributed by atoms with Crippen molar-refractivity contribution in [2.75, 3.05) is 12.3 Å². The van der Waals surface area contributed by atoms with Crippen molar-refractivity contribution in [2.24, 2.45) is 0 Å². The Labute approximate surface area is 112 Å². The molecule has 0 spiro atoms. The monoisotopic (exact) mass is 262 g/mol. The second kappa shape index (κ2) is 6.42. The number of thiophene rings is 1. The van der Waals surface area contributed by atoms with Gasteiger partial charge in [-0.2, -0.15) is 0 Å². The second-order valence-corrected chi connectivity index (χ2v) is 4.98. The smallest absolute Gasteiger partial charge is 0.119 e. The van der Waals surface area contributed by atoms with E-state index in [0.717, 1.165) is 24.5 Å². The Kier molecular flexibility index (Phi) is 4.61. The van der Waals surface area contributed by atoms with E-state index in [1.165, 1.54) is 10.4 Å². The fourth-order valence-electron chi connectivity index (χ4n) is 1.73. The molecule has 0 aliphatic heterocycles. The molecule has 0 unspecified atom stereocenters. The number of benzene rings is 1. The Morgan fingerprint density at radius 1 is 1.28 bits per heavy atom. The minimum Gasteiger partial charge on any atom is -0.494 e. The lowest BCUT2D eigenvalue weighted by Crippen LogP contribution is -2.12. The molecule has 3 N–H and O–H groups in total. The predicted octanol–water partition coefficient (Wildman–Crippen LogP) is 3.02. The average molecular weight is 262 g/mol. The lowest BCUT2D eigenvalue weighted by Gasteiger charge is -2.07. The van der Waals surface area contributed by atoms with E-state index in [4.69, 9.17) is 10.5 Å². The van der Waals surface area contributed by atoms with E-state index in [0.29, 0.717) is 6.61 Å². The van der Waals surface area contributed by atoms with Crippen LogP contribution in [0.4, 0.5) is 5.69 Å². The first-order valence-electron chi connectivity index (χ1n) is 6.04. The van der Waals surface area contributed by atoms with Crippen LogP contribution in [0, 0.1) is 0 Å². The van der Waals surface area contributed by atoms with Crippen molar-refractivity contribution in [3.05, 3.63) is 46.2 Å². The van der Waals surface area contributed by atoms with Crippen LogP contribution < -0.4 is 15.8 Å². The lowest BCUT2D eigenvalue weighted by molar-refractivity contribution is 0.340. The largest absolute Gasteiger partial charge is 0.494 e. The van der Waals surface area contributed by atoms with Crippen molar-refractivity contribution < 1.29 is 4.74 Å². The molecule has 0 atom stereocenters. The van der Waals surface area contributed by atoms with E-state index in [9.17, 15) is 0 Å². The molecular formula is C14H18N2OS. The van der Waals surface area contributed by atoms with Gasteiger partial charge in [-0.05, 0) is 36.1 Å². The molecule has 1 aromatic heterocycles. The average Bonchev–Trinajstić information content (AvgIpc) is 2.76. The second-order valence-electron chi connectivity index (χ2n) is 3.98. The highest BCUT2D eigenvalue weighted by atomic mass is 32.1. The maximum absolute atomic E-state index is 5.83. The van der Waals surface area contributed by atoms with Gasteiger partial charge < -0.3 is 15.8 Å². The molecule has 2 rings (SSSR count). The molecule has 4 heteroatoms. The first kappa shape index (κ1) is 12.9. The van der Waals surface area contributed by atoms with Crippen LogP contribution in [0.25, 0.3) is 0 Å². The highest BCUT2D eigenvalue weighted by molar-refractivity contribution is 7.10. The standard InChI is InChI=1S/C14H18N2OS/c1-2-17-12-5-3-4-11(8-12)9-16-10-14-13(15)6-7-18-14/h3-8,16H,2,9-10,15H2,1H3. The Morgan fingerprint density at radius 2 is 2.17 bits per heavy atom. The van der Waals surface area contributed by atoms with Gasteiger partial charge in [-0.1, -0.05) is 12.1 Å². The van der Waals surface area contributed by atoms with Gasteiger partial charge in [-0.25, -0.2) is 0 Å². The van der Waals surface area contributed by atoms with Crippen molar-refractivity contribution in [2.45, 2.75) is 20.0 Å². The SMILES string of the molecule is CCOc1cccc(CNCc2sccc2N)c1. The summed E-state index contributed by atoms with van der Waals surface area (Å²) in [4.78, 5) is 1.19. The van der Waals surface area contributed by atoms with Crippen LogP contribution in [0.15, 0.2) is 35.7 Å². The highest BCUT2D eigenvalue weighted by Crippen LogP contribution is 2.18. The van der Waals surface area contributed by atoms with Crippen molar-refractivity contribution in [3.8, 4) is 5.75 Å². The first-order valence-corrected chi connectivity index (χ1v) is 6.92. The van der Waals surface area contributed by atoms with Crippen molar-refractivity contribution >= 4 is 17.0 Å².